The molecule has 1 nitrogen and oxygen atoms in total. The van der Waals surface area contributed by atoms with Gasteiger partial charge in [0, 0.05) is 4.90 Å². The molecule has 0 aliphatic rings. The van der Waals surface area contributed by atoms with Crippen LogP contribution in [-0.2, 0) is 6.18 Å². The molecule has 0 saturated heterocycles. The highest BCUT2D eigenvalue weighted by atomic mass is 32.2. The summed E-state index contributed by atoms with van der Waals surface area (Å²) in [4.78, 5) is 0.862. The van der Waals surface area contributed by atoms with Crippen molar-refractivity contribution in [2.75, 3.05) is 6.26 Å². The van der Waals surface area contributed by atoms with E-state index in [2.05, 4.69) is 0 Å². The number of phenols is 1. The van der Waals surface area contributed by atoms with Gasteiger partial charge in [0.25, 0.3) is 0 Å². The maximum absolute atomic E-state index is 12.7. The van der Waals surface area contributed by atoms with Crippen molar-refractivity contribution in [3.63, 3.8) is 0 Å². The molecule has 5 heteroatoms. The Morgan fingerprint density at radius 3 is 2.37 bits per heavy atom. The van der Waals surface area contributed by atoms with Crippen molar-refractivity contribution in [2.45, 2.75) is 11.1 Å². The minimum atomic E-state index is -4.47. The number of alkyl halides is 3. The molecule has 0 bridgehead atoms. The monoisotopic (exact) mass is 284 g/mol. The Hall–Kier alpha value is -1.62. The maximum Gasteiger partial charge on any atom is 0.416 e. The van der Waals surface area contributed by atoms with Crippen LogP contribution in [0.1, 0.15) is 5.56 Å². The molecule has 19 heavy (non-hydrogen) atoms. The lowest BCUT2D eigenvalue weighted by Crippen LogP contribution is -2.04. The van der Waals surface area contributed by atoms with Gasteiger partial charge in [0.05, 0.1) is 5.56 Å². The summed E-state index contributed by atoms with van der Waals surface area (Å²) in [6, 6.07) is 10.3. The Bertz CT molecular complexity index is 593. The Labute approximate surface area is 113 Å². The molecule has 0 unspecified atom stereocenters. The van der Waals surface area contributed by atoms with E-state index < -0.39 is 11.7 Å². The first kappa shape index (κ1) is 13.8. The zero-order valence-electron chi connectivity index (χ0n) is 10.0. The predicted octanol–water partition coefficient (Wildman–Crippen LogP) is 4.80. The van der Waals surface area contributed by atoms with Crippen molar-refractivity contribution < 1.29 is 18.3 Å². The summed E-state index contributed by atoms with van der Waals surface area (Å²) >= 11 is 1.45. The van der Waals surface area contributed by atoms with Crippen LogP contribution in [0.25, 0.3) is 11.1 Å². The molecule has 0 atom stereocenters. The number of aromatic hydroxyl groups is 1. The van der Waals surface area contributed by atoms with E-state index in [1.807, 2.05) is 18.4 Å². The van der Waals surface area contributed by atoms with Gasteiger partial charge in [-0.1, -0.05) is 18.2 Å². The lowest BCUT2D eigenvalue weighted by atomic mass is 10.0. The third-order valence-corrected chi connectivity index (χ3v) is 3.46. The summed E-state index contributed by atoms with van der Waals surface area (Å²) in [7, 11) is 0. The quantitative estimate of drug-likeness (QED) is 0.799. The fourth-order valence-corrected chi connectivity index (χ4v) is 2.43. The lowest BCUT2D eigenvalue weighted by molar-refractivity contribution is -0.137. The molecule has 0 heterocycles. The second-order valence-corrected chi connectivity index (χ2v) is 4.81. The van der Waals surface area contributed by atoms with Gasteiger partial charge in [-0.3, -0.25) is 0 Å². The Balaban J connectivity index is 2.60. The van der Waals surface area contributed by atoms with Crippen LogP contribution in [0.2, 0.25) is 0 Å². The number of rotatable bonds is 2. The van der Waals surface area contributed by atoms with Gasteiger partial charge >= 0.3 is 6.18 Å². The highest BCUT2D eigenvalue weighted by Crippen LogP contribution is 2.37. The molecule has 2 aromatic carbocycles. The van der Waals surface area contributed by atoms with E-state index in [9.17, 15) is 18.3 Å². The van der Waals surface area contributed by atoms with Crippen molar-refractivity contribution in [3.05, 3.63) is 48.0 Å². The first-order valence-electron chi connectivity index (χ1n) is 5.46. The second-order valence-electron chi connectivity index (χ2n) is 3.97. The summed E-state index contributed by atoms with van der Waals surface area (Å²) < 4.78 is 38.2. The third kappa shape index (κ3) is 3.04. The van der Waals surface area contributed by atoms with Gasteiger partial charge in [-0.2, -0.15) is 13.2 Å². The molecular weight excluding hydrogens is 273 g/mol. The summed E-state index contributed by atoms with van der Waals surface area (Å²) in [6.45, 7) is 0. The van der Waals surface area contributed by atoms with Crippen molar-refractivity contribution in [2.24, 2.45) is 0 Å². The van der Waals surface area contributed by atoms with Gasteiger partial charge in [0.15, 0.2) is 0 Å². The number of phenolic OH excluding ortho intramolecular Hbond substituents is 1. The average molecular weight is 284 g/mol. The van der Waals surface area contributed by atoms with Crippen LogP contribution in [0.4, 0.5) is 13.2 Å². The van der Waals surface area contributed by atoms with Crippen LogP contribution in [0.5, 0.6) is 5.75 Å². The molecule has 2 rings (SSSR count). The third-order valence-electron chi connectivity index (χ3n) is 2.66. The molecule has 100 valence electrons. The van der Waals surface area contributed by atoms with E-state index in [0.717, 1.165) is 17.0 Å². The smallest absolute Gasteiger partial charge is 0.416 e. The molecule has 0 aliphatic carbocycles. The molecule has 0 aromatic heterocycles. The van der Waals surface area contributed by atoms with Gasteiger partial charge in [-0.15, -0.1) is 11.8 Å². The van der Waals surface area contributed by atoms with Gasteiger partial charge < -0.3 is 5.11 Å². The van der Waals surface area contributed by atoms with Crippen molar-refractivity contribution >= 4 is 11.8 Å². The Morgan fingerprint density at radius 2 is 1.74 bits per heavy atom. The largest absolute Gasteiger partial charge is 0.508 e. The molecule has 0 saturated carbocycles. The van der Waals surface area contributed by atoms with Crippen LogP contribution in [0, 0.1) is 0 Å². The zero-order valence-corrected chi connectivity index (χ0v) is 10.8. The first-order chi connectivity index (χ1) is 8.91. The minimum absolute atomic E-state index is 0.359. The fourth-order valence-electron chi connectivity index (χ4n) is 1.81. The molecule has 0 amide bonds. The van der Waals surface area contributed by atoms with Crippen LogP contribution in [0.3, 0.4) is 0 Å². The van der Waals surface area contributed by atoms with E-state index in [1.165, 1.54) is 17.8 Å². The number of halogens is 3. The molecule has 2 aromatic rings. The SMILES string of the molecule is CSc1ccccc1-c1cc(O)cc(C(F)(F)F)c1. The molecule has 1 N–H and O–H groups in total. The van der Waals surface area contributed by atoms with E-state index >= 15 is 0 Å². The number of thioether (sulfide) groups is 1. The summed E-state index contributed by atoms with van der Waals surface area (Å²) in [6.07, 6.45) is -2.62. The summed E-state index contributed by atoms with van der Waals surface area (Å²) in [5.74, 6) is -0.388. The fraction of sp³-hybridized carbons (Fsp3) is 0.143. The topological polar surface area (TPSA) is 20.2 Å². The number of benzene rings is 2. The van der Waals surface area contributed by atoms with Gasteiger partial charge in [-0.05, 0) is 41.6 Å². The van der Waals surface area contributed by atoms with Crippen LogP contribution >= 0.6 is 11.8 Å². The number of hydrogen-bond donors (Lipinski definition) is 1. The van der Waals surface area contributed by atoms with Gasteiger partial charge in [0.1, 0.15) is 5.75 Å². The van der Waals surface area contributed by atoms with Crippen LogP contribution in [0.15, 0.2) is 47.4 Å². The maximum atomic E-state index is 12.7. The normalized spacial score (nSPS) is 11.6. The van der Waals surface area contributed by atoms with Crippen molar-refractivity contribution in [1.29, 1.82) is 0 Å². The Kier molecular flexibility index (Phi) is 3.75. The standard InChI is InChI=1S/C14H11F3OS/c1-19-13-5-3-2-4-12(13)9-6-10(14(15,16)17)8-11(18)7-9/h2-8,18H,1H3. The van der Waals surface area contributed by atoms with Gasteiger partial charge in [0.2, 0.25) is 0 Å². The molecule has 0 radical (unpaired) electrons. The molecular formula is C14H11F3OS. The predicted molar refractivity (Wildman–Crippen MR) is 70.3 cm³/mol. The number of hydrogen-bond acceptors (Lipinski definition) is 2. The van der Waals surface area contributed by atoms with Gasteiger partial charge in [-0.25, -0.2) is 0 Å². The Morgan fingerprint density at radius 1 is 1.05 bits per heavy atom. The minimum Gasteiger partial charge on any atom is -0.508 e. The van der Waals surface area contributed by atoms with E-state index in [4.69, 9.17) is 0 Å². The summed E-state index contributed by atoms with van der Waals surface area (Å²) in [5.41, 5.74) is 0.187. The highest BCUT2D eigenvalue weighted by Gasteiger charge is 2.31. The van der Waals surface area contributed by atoms with E-state index in [-0.39, 0.29) is 5.75 Å². The van der Waals surface area contributed by atoms with E-state index in [0.29, 0.717) is 11.1 Å². The first-order valence-corrected chi connectivity index (χ1v) is 6.69. The molecule has 0 spiro atoms. The van der Waals surface area contributed by atoms with Crippen LogP contribution < -0.4 is 0 Å². The molecule has 0 aliphatic heterocycles. The second kappa shape index (κ2) is 5.17. The van der Waals surface area contributed by atoms with E-state index in [1.54, 1.807) is 12.1 Å². The zero-order chi connectivity index (χ0) is 14.0. The van der Waals surface area contributed by atoms with Crippen LogP contribution in [-0.4, -0.2) is 11.4 Å². The van der Waals surface area contributed by atoms with Crippen molar-refractivity contribution in [1.82, 2.24) is 0 Å². The highest BCUT2D eigenvalue weighted by molar-refractivity contribution is 7.98. The molecule has 0 fully saturated rings. The summed E-state index contributed by atoms with van der Waals surface area (Å²) in [5, 5.41) is 9.48. The average Bonchev–Trinajstić information content (AvgIpc) is 2.37. The van der Waals surface area contributed by atoms with Crippen molar-refractivity contribution in [3.8, 4) is 16.9 Å². The lowest BCUT2D eigenvalue weighted by Gasteiger charge is -2.12.